The molecule has 4 atom stereocenters. The molecule has 124 valence electrons. The van der Waals surface area contributed by atoms with Gasteiger partial charge in [0.2, 0.25) is 11.8 Å². The maximum Gasteiger partial charge on any atom is 0.227 e. The van der Waals surface area contributed by atoms with Gasteiger partial charge >= 0.3 is 0 Å². The van der Waals surface area contributed by atoms with Crippen molar-refractivity contribution in [3.8, 4) is 0 Å². The second-order valence-corrected chi connectivity index (χ2v) is 6.43. The number of aliphatic hydroxyl groups is 2. The number of carbonyl (C=O) groups is 2. The predicted molar refractivity (Wildman–Crippen MR) is 84.6 cm³/mol. The van der Waals surface area contributed by atoms with E-state index in [-0.39, 0.29) is 42.7 Å². The van der Waals surface area contributed by atoms with Crippen molar-refractivity contribution in [3.05, 3.63) is 30.3 Å². The average molecular weight is 318 g/mol. The van der Waals surface area contributed by atoms with Crippen LogP contribution in [0.25, 0.3) is 0 Å². The minimum absolute atomic E-state index is 0.0453. The molecule has 0 radical (unpaired) electrons. The Morgan fingerprint density at radius 3 is 2.65 bits per heavy atom. The number of nitrogens with one attached hydrogen (secondary N) is 1. The van der Waals surface area contributed by atoms with Crippen molar-refractivity contribution < 1.29 is 19.8 Å². The normalized spacial score (nSPS) is 30.7. The molecule has 0 unspecified atom stereocenters. The Labute approximate surface area is 135 Å². The minimum Gasteiger partial charge on any atom is -0.396 e. The number of carbonyl (C=O) groups excluding carboxylic acids is 2. The first kappa shape index (κ1) is 16.0. The summed E-state index contributed by atoms with van der Waals surface area (Å²) in [7, 11) is 0. The summed E-state index contributed by atoms with van der Waals surface area (Å²) >= 11 is 0. The number of nitrogens with zero attached hydrogens (tertiary/aromatic N) is 1. The average Bonchev–Trinajstić information content (AvgIpc) is 3.11. The van der Waals surface area contributed by atoms with Gasteiger partial charge in [-0.1, -0.05) is 18.2 Å². The van der Waals surface area contributed by atoms with Crippen LogP contribution in [-0.2, 0) is 9.59 Å². The van der Waals surface area contributed by atoms with Crippen molar-refractivity contribution in [2.45, 2.75) is 31.4 Å². The van der Waals surface area contributed by atoms with Crippen molar-refractivity contribution in [2.75, 3.05) is 18.1 Å². The van der Waals surface area contributed by atoms with Crippen molar-refractivity contribution in [2.24, 2.45) is 11.8 Å². The van der Waals surface area contributed by atoms with Crippen LogP contribution in [0.15, 0.2) is 30.3 Å². The van der Waals surface area contributed by atoms with Crippen LogP contribution < -0.4 is 10.2 Å². The van der Waals surface area contributed by atoms with Crippen LogP contribution in [0.4, 0.5) is 5.69 Å². The Hall–Kier alpha value is -1.92. The zero-order valence-electron chi connectivity index (χ0n) is 12.9. The fraction of sp³-hybridized carbons (Fsp3) is 0.529. The van der Waals surface area contributed by atoms with Gasteiger partial charge in [-0.2, -0.15) is 0 Å². The molecule has 2 aliphatic rings. The summed E-state index contributed by atoms with van der Waals surface area (Å²) in [6, 6.07) is 9.21. The monoisotopic (exact) mass is 318 g/mol. The molecule has 1 saturated carbocycles. The summed E-state index contributed by atoms with van der Waals surface area (Å²) in [6.45, 7) is 0.310. The van der Waals surface area contributed by atoms with E-state index in [2.05, 4.69) is 5.32 Å². The number of aliphatic hydroxyl groups excluding tert-OH is 2. The summed E-state index contributed by atoms with van der Waals surface area (Å²) in [5.41, 5.74) is 0.810. The molecule has 0 spiro atoms. The van der Waals surface area contributed by atoms with Crippen molar-refractivity contribution in [3.63, 3.8) is 0 Å². The van der Waals surface area contributed by atoms with Gasteiger partial charge < -0.3 is 20.4 Å². The Bertz CT molecular complexity index is 577. The van der Waals surface area contributed by atoms with E-state index in [4.69, 9.17) is 0 Å². The first-order valence-electron chi connectivity index (χ1n) is 8.03. The highest BCUT2D eigenvalue weighted by atomic mass is 16.3. The molecule has 2 amide bonds. The number of hydrogen-bond acceptors (Lipinski definition) is 4. The van der Waals surface area contributed by atoms with Gasteiger partial charge in [-0.25, -0.2) is 0 Å². The first-order valence-corrected chi connectivity index (χ1v) is 8.03. The van der Waals surface area contributed by atoms with Crippen LogP contribution in [0.5, 0.6) is 0 Å². The lowest BCUT2D eigenvalue weighted by atomic mass is 10.1. The van der Waals surface area contributed by atoms with Crippen molar-refractivity contribution in [1.29, 1.82) is 0 Å². The maximum atomic E-state index is 12.4. The van der Waals surface area contributed by atoms with Crippen LogP contribution in [0.3, 0.4) is 0 Å². The quantitative estimate of drug-likeness (QED) is 0.744. The van der Waals surface area contributed by atoms with E-state index in [0.717, 1.165) is 5.69 Å². The summed E-state index contributed by atoms with van der Waals surface area (Å²) in [5.74, 6) is -0.733. The molecule has 3 rings (SSSR count). The highest BCUT2D eigenvalue weighted by Gasteiger charge is 2.38. The number of amides is 2. The molecular formula is C17H22N2O4. The topological polar surface area (TPSA) is 89.9 Å². The van der Waals surface area contributed by atoms with E-state index in [1.54, 1.807) is 4.90 Å². The van der Waals surface area contributed by atoms with Crippen molar-refractivity contribution in [1.82, 2.24) is 5.32 Å². The summed E-state index contributed by atoms with van der Waals surface area (Å²) in [4.78, 5) is 26.2. The molecule has 2 fully saturated rings. The van der Waals surface area contributed by atoms with Gasteiger partial charge in [-0.15, -0.1) is 0 Å². The first-order chi connectivity index (χ1) is 11.1. The van der Waals surface area contributed by atoms with E-state index >= 15 is 0 Å². The number of para-hydroxylation sites is 1. The second-order valence-electron chi connectivity index (χ2n) is 6.43. The van der Waals surface area contributed by atoms with Crippen LogP contribution >= 0.6 is 0 Å². The fourth-order valence-corrected chi connectivity index (χ4v) is 3.48. The lowest BCUT2D eigenvalue weighted by Crippen LogP contribution is -2.39. The number of hydrogen-bond donors (Lipinski definition) is 3. The highest BCUT2D eigenvalue weighted by molar-refractivity contribution is 6.00. The molecule has 3 N–H and O–H groups in total. The predicted octanol–water partition coefficient (Wildman–Crippen LogP) is 0.287. The fourth-order valence-electron chi connectivity index (χ4n) is 3.48. The Kier molecular flexibility index (Phi) is 4.63. The molecule has 6 heteroatoms. The van der Waals surface area contributed by atoms with Gasteiger partial charge in [-0.3, -0.25) is 9.59 Å². The van der Waals surface area contributed by atoms with E-state index in [9.17, 15) is 19.8 Å². The van der Waals surface area contributed by atoms with E-state index in [1.807, 2.05) is 30.3 Å². The molecule has 0 bridgehead atoms. The standard InChI is InChI=1S/C17H22N2O4/c20-10-12-6-13(8-15(12)21)18-17(23)11-7-16(22)19(9-11)14-4-2-1-3-5-14/h1-5,11-13,15,20-21H,6-10H2,(H,18,23)/t11-,12+,13+,15+/m0/s1. The van der Waals surface area contributed by atoms with E-state index < -0.39 is 6.10 Å². The van der Waals surface area contributed by atoms with Gasteiger partial charge in [0.25, 0.3) is 0 Å². The highest BCUT2D eigenvalue weighted by Crippen LogP contribution is 2.28. The van der Waals surface area contributed by atoms with E-state index in [1.165, 1.54) is 0 Å². The molecule has 1 aromatic carbocycles. The molecule has 1 saturated heterocycles. The number of anilines is 1. The molecule has 23 heavy (non-hydrogen) atoms. The third-order valence-corrected chi connectivity index (χ3v) is 4.80. The SMILES string of the molecule is O=C(N[C@@H]1C[C@H](CO)[C@H](O)C1)[C@H]1CC(=O)N(c2ccccc2)C1. The maximum absolute atomic E-state index is 12.4. The zero-order valence-corrected chi connectivity index (χ0v) is 12.9. The molecule has 0 aromatic heterocycles. The Morgan fingerprint density at radius 2 is 2.00 bits per heavy atom. The number of benzene rings is 1. The molecule has 6 nitrogen and oxygen atoms in total. The molecule has 1 aliphatic carbocycles. The summed E-state index contributed by atoms with van der Waals surface area (Å²) in [5, 5.41) is 21.9. The zero-order chi connectivity index (χ0) is 16.4. The summed E-state index contributed by atoms with van der Waals surface area (Å²) in [6.07, 6.45) is 0.669. The third kappa shape index (κ3) is 3.38. The van der Waals surface area contributed by atoms with Gasteiger partial charge in [0, 0.05) is 37.2 Å². The lowest BCUT2D eigenvalue weighted by molar-refractivity contribution is -0.126. The van der Waals surface area contributed by atoms with Gasteiger partial charge in [0.05, 0.1) is 12.0 Å². The molecule has 1 heterocycles. The Morgan fingerprint density at radius 1 is 1.26 bits per heavy atom. The minimum atomic E-state index is -0.573. The van der Waals surface area contributed by atoms with Gasteiger partial charge in [0.15, 0.2) is 0 Å². The van der Waals surface area contributed by atoms with Crippen LogP contribution in [0.2, 0.25) is 0 Å². The molecule has 1 aliphatic heterocycles. The van der Waals surface area contributed by atoms with Crippen LogP contribution in [0, 0.1) is 11.8 Å². The van der Waals surface area contributed by atoms with Gasteiger partial charge in [-0.05, 0) is 25.0 Å². The van der Waals surface area contributed by atoms with Crippen LogP contribution in [-0.4, -0.2) is 47.3 Å². The van der Waals surface area contributed by atoms with Gasteiger partial charge in [0.1, 0.15) is 0 Å². The molecular weight excluding hydrogens is 296 g/mol. The smallest absolute Gasteiger partial charge is 0.227 e. The lowest BCUT2D eigenvalue weighted by Gasteiger charge is -2.18. The second kappa shape index (κ2) is 6.68. The molecule has 1 aromatic rings. The van der Waals surface area contributed by atoms with Crippen LogP contribution in [0.1, 0.15) is 19.3 Å². The Balaban J connectivity index is 1.58. The largest absolute Gasteiger partial charge is 0.396 e. The van der Waals surface area contributed by atoms with Crippen molar-refractivity contribution >= 4 is 17.5 Å². The van der Waals surface area contributed by atoms with E-state index in [0.29, 0.717) is 19.4 Å². The summed E-state index contributed by atoms with van der Waals surface area (Å²) < 4.78 is 0. The number of rotatable bonds is 4. The third-order valence-electron chi connectivity index (χ3n) is 4.80.